The van der Waals surface area contributed by atoms with Crippen LogP contribution in [0.15, 0.2) is 47.6 Å². The number of rotatable bonds is 9. The van der Waals surface area contributed by atoms with Crippen LogP contribution in [0.2, 0.25) is 0 Å². The molecule has 0 spiro atoms. The molecule has 3 aromatic heterocycles. The summed E-state index contributed by atoms with van der Waals surface area (Å²) in [6, 6.07) is 9.22. The standard InChI is InChI=1S/C30H38N6O3S/c1-4-22-15-23(34(13-11-21-7-8-21)30(3)18-39-19-30)16-25(22)28-33-32-27-17-31-29-26(36(27)28)12-14-35(29)40(37,38)24-9-5-20(2)6-10-24/h5-6,9-10,12,14,17,21-23,25H,4,7-8,11,13,15-16,18-19H2,1-3H3/t22-,23+,25+/m1/s1. The molecule has 3 aliphatic rings. The topological polar surface area (TPSA) is 94.6 Å². The zero-order valence-electron chi connectivity index (χ0n) is 23.5. The van der Waals surface area contributed by atoms with E-state index in [1.807, 2.05) is 29.5 Å². The minimum Gasteiger partial charge on any atom is -0.377 e. The highest BCUT2D eigenvalue weighted by molar-refractivity contribution is 7.90. The van der Waals surface area contributed by atoms with Crippen LogP contribution < -0.4 is 0 Å². The maximum atomic E-state index is 13.6. The molecule has 1 aliphatic heterocycles. The quantitative estimate of drug-likeness (QED) is 0.290. The number of benzene rings is 1. The summed E-state index contributed by atoms with van der Waals surface area (Å²) in [5.74, 6) is 2.53. The predicted octanol–water partition coefficient (Wildman–Crippen LogP) is 4.79. The van der Waals surface area contributed by atoms with Gasteiger partial charge in [-0.15, -0.1) is 10.2 Å². The molecule has 4 heterocycles. The van der Waals surface area contributed by atoms with Gasteiger partial charge in [0.15, 0.2) is 11.3 Å². The molecular weight excluding hydrogens is 524 g/mol. The normalized spacial score (nSPS) is 24.8. The van der Waals surface area contributed by atoms with E-state index in [-0.39, 0.29) is 16.4 Å². The van der Waals surface area contributed by atoms with E-state index < -0.39 is 10.0 Å². The van der Waals surface area contributed by atoms with Gasteiger partial charge in [-0.05, 0) is 69.7 Å². The lowest BCUT2D eigenvalue weighted by Crippen LogP contribution is -2.63. The lowest BCUT2D eigenvalue weighted by molar-refractivity contribution is -0.144. The van der Waals surface area contributed by atoms with Crippen LogP contribution in [0.4, 0.5) is 0 Å². The first kappa shape index (κ1) is 26.1. The molecule has 7 rings (SSSR count). The van der Waals surface area contributed by atoms with Crippen molar-refractivity contribution in [3.63, 3.8) is 0 Å². The van der Waals surface area contributed by atoms with E-state index in [4.69, 9.17) is 9.84 Å². The van der Waals surface area contributed by atoms with Gasteiger partial charge < -0.3 is 4.74 Å². The Balaban J connectivity index is 1.25. The van der Waals surface area contributed by atoms with Gasteiger partial charge in [-0.3, -0.25) is 9.30 Å². The number of fused-ring (bicyclic) bond motifs is 3. The maximum absolute atomic E-state index is 13.6. The zero-order chi connectivity index (χ0) is 27.6. The van der Waals surface area contributed by atoms with Gasteiger partial charge in [-0.25, -0.2) is 17.4 Å². The summed E-state index contributed by atoms with van der Waals surface area (Å²) in [7, 11) is -3.80. The van der Waals surface area contributed by atoms with Crippen LogP contribution >= 0.6 is 0 Å². The summed E-state index contributed by atoms with van der Waals surface area (Å²) in [6.07, 6.45) is 10.5. The van der Waals surface area contributed by atoms with Crippen LogP contribution in [0, 0.1) is 18.8 Å². The highest BCUT2D eigenvalue weighted by Gasteiger charge is 2.48. The Morgan fingerprint density at radius 3 is 2.55 bits per heavy atom. The first-order valence-electron chi connectivity index (χ1n) is 14.7. The summed E-state index contributed by atoms with van der Waals surface area (Å²) < 4.78 is 36.1. The Labute approximate surface area is 235 Å². The van der Waals surface area contributed by atoms with Gasteiger partial charge in [0.2, 0.25) is 0 Å². The smallest absolute Gasteiger partial charge is 0.269 e. The summed E-state index contributed by atoms with van der Waals surface area (Å²) in [5.41, 5.74) is 2.88. The van der Waals surface area contributed by atoms with E-state index in [1.54, 1.807) is 24.5 Å². The molecule has 0 unspecified atom stereocenters. The van der Waals surface area contributed by atoms with E-state index in [2.05, 4.69) is 28.8 Å². The molecule has 1 saturated heterocycles. The van der Waals surface area contributed by atoms with Gasteiger partial charge in [0.05, 0.1) is 35.4 Å². The number of hydrogen-bond acceptors (Lipinski definition) is 7. The fraction of sp³-hybridized carbons (Fsp3) is 0.567. The molecule has 2 saturated carbocycles. The van der Waals surface area contributed by atoms with Gasteiger partial charge in [-0.1, -0.05) is 43.9 Å². The zero-order valence-corrected chi connectivity index (χ0v) is 24.3. The predicted molar refractivity (Wildman–Crippen MR) is 153 cm³/mol. The molecular formula is C30H38N6O3S. The third kappa shape index (κ3) is 4.26. The van der Waals surface area contributed by atoms with Gasteiger partial charge in [0.25, 0.3) is 10.0 Å². The van der Waals surface area contributed by atoms with E-state index in [9.17, 15) is 8.42 Å². The average Bonchev–Trinajstić information content (AvgIpc) is 3.31. The number of ether oxygens (including phenoxy) is 1. The highest BCUT2D eigenvalue weighted by atomic mass is 32.2. The van der Waals surface area contributed by atoms with Crippen LogP contribution in [0.25, 0.3) is 16.8 Å². The van der Waals surface area contributed by atoms with Crippen LogP contribution in [0.5, 0.6) is 0 Å². The van der Waals surface area contributed by atoms with Crippen molar-refractivity contribution < 1.29 is 13.2 Å². The van der Waals surface area contributed by atoms with E-state index in [0.717, 1.165) is 61.8 Å². The third-order valence-electron chi connectivity index (χ3n) is 9.60. The van der Waals surface area contributed by atoms with Crippen molar-refractivity contribution in [3.05, 3.63) is 54.1 Å². The Kier molecular flexibility index (Phi) is 6.29. The Bertz CT molecular complexity index is 1650. The van der Waals surface area contributed by atoms with Gasteiger partial charge in [-0.2, -0.15) is 0 Å². The molecule has 3 fully saturated rings. The van der Waals surface area contributed by atoms with Crippen molar-refractivity contribution in [1.82, 2.24) is 28.5 Å². The minimum atomic E-state index is -3.80. The first-order valence-corrected chi connectivity index (χ1v) is 16.1. The van der Waals surface area contributed by atoms with Gasteiger partial charge >= 0.3 is 0 Å². The van der Waals surface area contributed by atoms with Crippen LogP contribution in [-0.4, -0.2) is 68.2 Å². The summed E-state index contributed by atoms with van der Waals surface area (Å²) >= 11 is 0. The fourth-order valence-corrected chi connectivity index (χ4v) is 8.31. The molecule has 1 aromatic carbocycles. The highest BCUT2D eigenvalue weighted by Crippen LogP contribution is 2.46. The molecule has 3 atom stereocenters. The van der Waals surface area contributed by atoms with Crippen LogP contribution in [-0.2, 0) is 14.8 Å². The van der Waals surface area contributed by atoms with Crippen LogP contribution in [0.3, 0.4) is 0 Å². The van der Waals surface area contributed by atoms with Crippen molar-refractivity contribution in [3.8, 4) is 0 Å². The molecule has 0 bridgehead atoms. The van der Waals surface area contributed by atoms with Crippen molar-refractivity contribution >= 4 is 26.8 Å². The number of nitrogens with zero attached hydrogens (tertiary/aromatic N) is 6. The van der Waals surface area contributed by atoms with Crippen molar-refractivity contribution in [1.29, 1.82) is 0 Å². The third-order valence-corrected chi connectivity index (χ3v) is 11.3. The number of aryl methyl sites for hydroxylation is 1. The maximum Gasteiger partial charge on any atom is 0.269 e. The molecule has 0 radical (unpaired) electrons. The summed E-state index contributed by atoms with van der Waals surface area (Å²) in [6.45, 7) is 9.31. The Hall–Kier alpha value is -2.82. The SMILES string of the molecule is CC[C@@H]1C[C@H](N(CCC2CC2)C2(C)COC2)C[C@@H]1c1nnc2cnc3c(ccn3S(=O)(=O)c3ccc(C)cc3)n12. The molecule has 0 amide bonds. The fourth-order valence-electron chi connectivity index (χ4n) is 7.01. The summed E-state index contributed by atoms with van der Waals surface area (Å²) in [5, 5.41) is 9.20. The molecule has 40 heavy (non-hydrogen) atoms. The molecule has 2 aliphatic carbocycles. The van der Waals surface area contributed by atoms with Gasteiger partial charge in [0.1, 0.15) is 5.82 Å². The first-order chi connectivity index (χ1) is 19.3. The van der Waals surface area contributed by atoms with E-state index in [1.165, 1.54) is 23.2 Å². The average molecular weight is 563 g/mol. The van der Waals surface area contributed by atoms with E-state index >= 15 is 0 Å². The monoisotopic (exact) mass is 562 g/mol. The molecule has 0 N–H and O–H groups in total. The van der Waals surface area contributed by atoms with Crippen molar-refractivity contribution in [2.75, 3.05) is 19.8 Å². The second-order valence-electron chi connectivity index (χ2n) is 12.5. The lowest BCUT2D eigenvalue weighted by atomic mass is 9.93. The molecule has 4 aromatic rings. The largest absolute Gasteiger partial charge is 0.377 e. The Morgan fingerprint density at radius 1 is 1.10 bits per heavy atom. The van der Waals surface area contributed by atoms with E-state index in [0.29, 0.717) is 23.3 Å². The molecule has 10 heteroatoms. The summed E-state index contributed by atoms with van der Waals surface area (Å²) in [4.78, 5) is 7.53. The second kappa shape index (κ2) is 9.63. The van der Waals surface area contributed by atoms with Crippen molar-refractivity contribution in [2.45, 2.75) is 81.7 Å². The lowest BCUT2D eigenvalue weighted by Gasteiger charge is -2.50. The molecule has 212 valence electrons. The minimum absolute atomic E-state index is 0.110. The number of aromatic nitrogens is 5. The van der Waals surface area contributed by atoms with Gasteiger partial charge in [0, 0.05) is 18.2 Å². The molecule has 9 nitrogen and oxygen atoms in total. The van der Waals surface area contributed by atoms with Crippen molar-refractivity contribution in [2.24, 2.45) is 11.8 Å². The Morgan fingerprint density at radius 2 is 1.88 bits per heavy atom. The second-order valence-corrected chi connectivity index (χ2v) is 14.3. The van der Waals surface area contributed by atoms with Crippen LogP contribution in [0.1, 0.15) is 69.7 Å². The number of hydrogen-bond donors (Lipinski definition) is 0.